The van der Waals surface area contributed by atoms with E-state index in [2.05, 4.69) is 33.2 Å². The molecule has 19 heavy (non-hydrogen) atoms. The molecule has 0 aliphatic carbocycles. The molecule has 2 rings (SSSR count). The monoisotopic (exact) mass is 340 g/mol. The summed E-state index contributed by atoms with van der Waals surface area (Å²) in [6.45, 7) is 2.06. The van der Waals surface area contributed by atoms with Gasteiger partial charge in [-0.05, 0) is 36.8 Å². The second-order valence-corrected chi connectivity index (χ2v) is 5.48. The number of halogens is 2. The fourth-order valence-electron chi connectivity index (χ4n) is 1.87. The van der Waals surface area contributed by atoms with E-state index in [4.69, 9.17) is 11.6 Å². The molecule has 1 aromatic carbocycles. The minimum Gasteiger partial charge on any atom is -0.508 e. The van der Waals surface area contributed by atoms with Gasteiger partial charge in [0.2, 0.25) is 0 Å². The SMILES string of the molecule is CCC(Nc1ccc(Cl)nc1)c1cc(Br)ccc1O. The Kier molecular flexibility index (Phi) is 4.66. The van der Waals surface area contributed by atoms with E-state index in [9.17, 15) is 5.11 Å². The van der Waals surface area contributed by atoms with Crippen LogP contribution in [-0.4, -0.2) is 10.1 Å². The number of phenolic OH excluding ortho intramolecular Hbond substituents is 1. The zero-order valence-electron chi connectivity index (χ0n) is 10.4. The molecular weight excluding hydrogens is 328 g/mol. The highest BCUT2D eigenvalue weighted by molar-refractivity contribution is 9.10. The van der Waals surface area contributed by atoms with Crippen molar-refractivity contribution in [2.45, 2.75) is 19.4 Å². The molecule has 0 fully saturated rings. The van der Waals surface area contributed by atoms with Crippen LogP contribution in [0.1, 0.15) is 24.9 Å². The van der Waals surface area contributed by atoms with Crippen molar-refractivity contribution in [3.05, 3.63) is 51.7 Å². The molecule has 5 heteroatoms. The van der Waals surface area contributed by atoms with Crippen LogP contribution in [0.25, 0.3) is 0 Å². The van der Waals surface area contributed by atoms with Gasteiger partial charge in [0.1, 0.15) is 10.9 Å². The van der Waals surface area contributed by atoms with Crippen molar-refractivity contribution >= 4 is 33.2 Å². The van der Waals surface area contributed by atoms with Crippen LogP contribution in [0.5, 0.6) is 5.75 Å². The maximum absolute atomic E-state index is 9.96. The normalized spacial score (nSPS) is 12.2. The lowest BCUT2D eigenvalue weighted by molar-refractivity contribution is 0.462. The second-order valence-electron chi connectivity index (χ2n) is 4.18. The van der Waals surface area contributed by atoms with Gasteiger partial charge >= 0.3 is 0 Å². The first-order valence-corrected chi connectivity index (χ1v) is 7.13. The van der Waals surface area contributed by atoms with Crippen LogP contribution in [0.3, 0.4) is 0 Å². The third-order valence-corrected chi connectivity index (χ3v) is 3.56. The number of pyridine rings is 1. The largest absolute Gasteiger partial charge is 0.508 e. The molecule has 0 radical (unpaired) electrons. The van der Waals surface area contributed by atoms with Crippen molar-refractivity contribution in [1.29, 1.82) is 0 Å². The molecule has 1 heterocycles. The van der Waals surface area contributed by atoms with Gasteiger partial charge in [0.05, 0.1) is 17.9 Å². The third-order valence-electron chi connectivity index (χ3n) is 2.84. The van der Waals surface area contributed by atoms with Gasteiger partial charge < -0.3 is 10.4 Å². The topological polar surface area (TPSA) is 45.2 Å². The molecule has 0 saturated carbocycles. The van der Waals surface area contributed by atoms with Gasteiger partial charge in [-0.3, -0.25) is 0 Å². The Morgan fingerprint density at radius 3 is 2.79 bits per heavy atom. The van der Waals surface area contributed by atoms with Gasteiger partial charge in [-0.25, -0.2) is 4.98 Å². The van der Waals surface area contributed by atoms with E-state index >= 15 is 0 Å². The zero-order valence-corrected chi connectivity index (χ0v) is 12.7. The van der Waals surface area contributed by atoms with E-state index in [1.807, 2.05) is 18.2 Å². The first kappa shape index (κ1) is 14.2. The molecule has 1 aromatic heterocycles. The predicted molar refractivity (Wildman–Crippen MR) is 81.7 cm³/mol. The minimum atomic E-state index is 0.0143. The van der Waals surface area contributed by atoms with E-state index in [0.29, 0.717) is 5.15 Å². The van der Waals surface area contributed by atoms with Crippen LogP contribution < -0.4 is 5.32 Å². The second kappa shape index (κ2) is 6.26. The van der Waals surface area contributed by atoms with Crippen LogP contribution in [-0.2, 0) is 0 Å². The van der Waals surface area contributed by atoms with Gasteiger partial charge in [0.25, 0.3) is 0 Å². The standard InChI is InChI=1S/C14H14BrClN2O/c1-2-12(11-7-9(15)3-5-13(11)19)18-10-4-6-14(16)17-8-10/h3-8,12,18-19H,2H2,1H3. The summed E-state index contributed by atoms with van der Waals surface area (Å²) in [5.74, 6) is 0.282. The number of nitrogens with zero attached hydrogens (tertiary/aromatic N) is 1. The lowest BCUT2D eigenvalue weighted by Gasteiger charge is -2.20. The van der Waals surface area contributed by atoms with Gasteiger partial charge in [-0.2, -0.15) is 0 Å². The quantitative estimate of drug-likeness (QED) is 0.788. The van der Waals surface area contributed by atoms with Crippen molar-refractivity contribution in [3.63, 3.8) is 0 Å². The summed E-state index contributed by atoms with van der Waals surface area (Å²) in [5, 5.41) is 13.8. The van der Waals surface area contributed by atoms with Crippen LogP contribution in [0.4, 0.5) is 5.69 Å². The maximum Gasteiger partial charge on any atom is 0.129 e. The molecule has 0 saturated heterocycles. The van der Waals surface area contributed by atoms with Crippen LogP contribution in [0.15, 0.2) is 41.0 Å². The summed E-state index contributed by atoms with van der Waals surface area (Å²) >= 11 is 9.18. The number of anilines is 1. The van der Waals surface area contributed by atoms with E-state index in [1.165, 1.54) is 0 Å². The van der Waals surface area contributed by atoms with E-state index in [-0.39, 0.29) is 11.8 Å². The number of phenols is 1. The number of hydrogen-bond acceptors (Lipinski definition) is 3. The highest BCUT2D eigenvalue weighted by Gasteiger charge is 2.14. The van der Waals surface area contributed by atoms with E-state index < -0.39 is 0 Å². The molecule has 0 aliphatic heterocycles. The molecule has 2 aromatic rings. The van der Waals surface area contributed by atoms with Gasteiger partial charge in [-0.1, -0.05) is 34.5 Å². The zero-order chi connectivity index (χ0) is 13.8. The molecule has 2 N–H and O–H groups in total. The van der Waals surface area contributed by atoms with Crippen LogP contribution in [0.2, 0.25) is 5.15 Å². The number of benzene rings is 1. The van der Waals surface area contributed by atoms with E-state index in [0.717, 1.165) is 22.1 Å². The molecule has 0 bridgehead atoms. The Morgan fingerprint density at radius 2 is 2.16 bits per heavy atom. The van der Waals surface area contributed by atoms with Crippen molar-refractivity contribution < 1.29 is 5.11 Å². The highest BCUT2D eigenvalue weighted by atomic mass is 79.9. The van der Waals surface area contributed by atoms with Crippen molar-refractivity contribution in [3.8, 4) is 5.75 Å². The lowest BCUT2D eigenvalue weighted by atomic mass is 10.0. The summed E-state index contributed by atoms with van der Waals surface area (Å²) in [7, 11) is 0. The summed E-state index contributed by atoms with van der Waals surface area (Å²) in [4.78, 5) is 4.03. The fraction of sp³-hybridized carbons (Fsp3) is 0.214. The molecule has 3 nitrogen and oxygen atoms in total. The number of rotatable bonds is 4. The average Bonchev–Trinajstić information content (AvgIpc) is 2.41. The molecule has 0 spiro atoms. The van der Waals surface area contributed by atoms with Crippen molar-refractivity contribution in [2.24, 2.45) is 0 Å². The molecule has 1 unspecified atom stereocenters. The number of aromatic nitrogens is 1. The molecule has 1 atom stereocenters. The number of nitrogens with one attached hydrogen (secondary N) is 1. The molecule has 0 amide bonds. The Balaban J connectivity index is 2.24. The van der Waals surface area contributed by atoms with Gasteiger partial charge in [0.15, 0.2) is 0 Å². The first-order chi connectivity index (χ1) is 9.10. The highest BCUT2D eigenvalue weighted by Crippen LogP contribution is 2.31. The van der Waals surface area contributed by atoms with E-state index in [1.54, 1.807) is 18.3 Å². The van der Waals surface area contributed by atoms with Gasteiger partial charge in [-0.15, -0.1) is 0 Å². The van der Waals surface area contributed by atoms with Crippen LogP contribution >= 0.6 is 27.5 Å². The lowest BCUT2D eigenvalue weighted by Crippen LogP contribution is -2.10. The minimum absolute atomic E-state index is 0.0143. The smallest absolute Gasteiger partial charge is 0.129 e. The number of hydrogen-bond donors (Lipinski definition) is 2. The van der Waals surface area contributed by atoms with Crippen LogP contribution in [0, 0.1) is 0 Å². The fourth-order valence-corrected chi connectivity index (χ4v) is 2.36. The van der Waals surface area contributed by atoms with Crippen molar-refractivity contribution in [1.82, 2.24) is 4.98 Å². The molecule has 0 aliphatic rings. The van der Waals surface area contributed by atoms with Crippen molar-refractivity contribution in [2.75, 3.05) is 5.32 Å². The van der Waals surface area contributed by atoms with Gasteiger partial charge in [0, 0.05) is 10.0 Å². The number of aromatic hydroxyl groups is 1. The Hall–Kier alpha value is -1.26. The third kappa shape index (κ3) is 3.61. The summed E-state index contributed by atoms with van der Waals surface area (Å²) in [5.41, 5.74) is 1.72. The Labute approximate surface area is 125 Å². The Morgan fingerprint density at radius 1 is 1.37 bits per heavy atom. The summed E-state index contributed by atoms with van der Waals surface area (Å²) in [6, 6.07) is 9.03. The molecular formula is C14H14BrClN2O. The average molecular weight is 342 g/mol. The Bertz CT molecular complexity index is 560. The summed E-state index contributed by atoms with van der Waals surface area (Å²) in [6.07, 6.45) is 2.52. The maximum atomic E-state index is 9.96. The first-order valence-electron chi connectivity index (χ1n) is 5.96. The summed E-state index contributed by atoms with van der Waals surface area (Å²) < 4.78 is 0.940. The molecule has 100 valence electrons. The predicted octanol–water partition coefficient (Wildman–Crippen LogP) is 4.77.